The predicted molar refractivity (Wildman–Crippen MR) is 74.9 cm³/mol. The number of hydrogen-bond acceptors (Lipinski definition) is 3. The first kappa shape index (κ1) is 13.1. The van der Waals surface area contributed by atoms with Gasteiger partial charge in [-0.05, 0) is 45.2 Å². The van der Waals surface area contributed by atoms with Gasteiger partial charge in [-0.15, -0.1) is 0 Å². The molecule has 0 atom stereocenters. The van der Waals surface area contributed by atoms with Crippen LogP contribution in [0.5, 0.6) is 0 Å². The van der Waals surface area contributed by atoms with Gasteiger partial charge in [0, 0.05) is 24.7 Å². The maximum atomic E-state index is 10.3. The molecule has 0 aromatic carbocycles. The largest absolute Gasteiger partial charge is 0.390 e. The van der Waals surface area contributed by atoms with Crippen molar-refractivity contribution in [3.05, 3.63) is 17.5 Å². The highest BCUT2D eigenvalue weighted by Crippen LogP contribution is 2.39. The van der Waals surface area contributed by atoms with Crippen molar-refractivity contribution in [1.29, 1.82) is 0 Å². The summed E-state index contributed by atoms with van der Waals surface area (Å²) < 4.78 is 0. The SMILES string of the molecule is CN(CCC1(O)CCCC1)Cc1cc(C2CC2)n[nH]1. The van der Waals surface area contributed by atoms with E-state index in [9.17, 15) is 5.11 Å². The molecule has 0 aliphatic heterocycles. The summed E-state index contributed by atoms with van der Waals surface area (Å²) in [6.45, 7) is 1.85. The molecular formula is C15H25N3O. The summed E-state index contributed by atoms with van der Waals surface area (Å²) in [7, 11) is 2.12. The summed E-state index contributed by atoms with van der Waals surface area (Å²) in [6, 6.07) is 2.21. The fourth-order valence-electron chi connectivity index (χ4n) is 3.10. The van der Waals surface area contributed by atoms with E-state index in [1.54, 1.807) is 0 Å². The van der Waals surface area contributed by atoms with Gasteiger partial charge in [0.2, 0.25) is 0 Å². The highest BCUT2D eigenvalue weighted by atomic mass is 16.3. The van der Waals surface area contributed by atoms with Crippen molar-refractivity contribution in [2.75, 3.05) is 13.6 Å². The molecule has 1 heterocycles. The van der Waals surface area contributed by atoms with Crippen LogP contribution in [-0.4, -0.2) is 39.4 Å². The zero-order valence-corrected chi connectivity index (χ0v) is 11.9. The maximum absolute atomic E-state index is 10.3. The summed E-state index contributed by atoms with van der Waals surface area (Å²) in [6.07, 6.45) is 7.83. The van der Waals surface area contributed by atoms with Gasteiger partial charge >= 0.3 is 0 Å². The van der Waals surface area contributed by atoms with Gasteiger partial charge in [-0.3, -0.25) is 5.10 Å². The molecule has 0 amide bonds. The molecule has 0 unspecified atom stereocenters. The van der Waals surface area contributed by atoms with E-state index < -0.39 is 0 Å². The lowest BCUT2D eigenvalue weighted by Crippen LogP contribution is -2.31. The Morgan fingerprint density at radius 3 is 2.84 bits per heavy atom. The first-order valence-electron chi connectivity index (χ1n) is 7.60. The molecule has 0 radical (unpaired) electrons. The second kappa shape index (κ2) is 5.25. The van der Waals surface area contributed by atoms with Gasteiger partial charge in [0.05, 0.1) is 11.3 Å². The van der Waals surface area contributed by atoms with Crippen LogP contribution in [0.4, 0.5) is 0 Å². The standard InChI is InChI=1S/C15H25N3O/c1-18(9-8-15(19)6-2-3-7-15)11-13-10-14(17-16-13)12-4-5-12/h10,12,19H,2-9,11H2,1H3,(H,16,17). The third kappa shape index (κ3) is 3.37. The van der Waals surface area contributed by atoms with Crippen LogP contribution < -0.4 is 0 Å². The molecule has 4 nitrogen and oxygen atoms in total. The molecule has 1 aromatic heterocycles. The van der Waals surface area contributed by atoms with E-state index in [-0.39, 0.29) is 5.60 Å². The molecule has 4 heteroatoms. The third-order valence-corrected chi connectivity index (χ3v) is 4.58. The van der Waals surface area contributed by atoms with E-state index in [0.29, 0.717) is 0 Å². The van der Waals surface area contributed by atoms with Crippen LogP contribution in [-0.2, 0) is 6.54 Å². The smallest absolute Gasteiger partial charge is 0.0660 e. The predicted octanol–water partition coefficient (Wildman–Crippen LogP) is 2.41. The Labute approximate surface area is 115 Å². The molecule has 2 fully saturated rings. The van der Waals surface area contributed by atoms with Crippen molar-refractivity contribution in [2.24, 2.45) is 0 Å². The van der Waals surface area contributed by atoms with Crippen LogP contribution in [0.1, 0.15) is 62.3 Å². The second-order valence-electron chi connectivity index (χ2n) is 6.51. The Kier molecular flexibility index (Phi) is 3.63. The van der Waals surface area contributed by atoms with Crippen LogP contribution in [0, 0.1) is 0 Å². The Morgan fingerprint density at radius 2 is 2.16 bits per heavy atom. The van der Waals surface area contributed by atoms with Gasteiger partial charge in [-0.25, -0.2) is 0 Å². The van der Waals surface area contributed by atoms with Crippen LogP contribution in [0.15, 0.2) is 6.07 Å². The topological polar surface area (TPSA) is 52.1 Å². The van der Waals surface area contributed by atoms with E-state index in [2.05, 4.69) is 28.2 Å². The fourth-order valence-corrected chi connectivity index (χ4v) is 3.10. The van der Waals surface area contributed by atoms with Crippen LogP contribution in [0.25, 0.3) is 0 Å². The zero-order valence-electron chi connectivity index (χ0n) is 11.9. The first-order chi connectivity index (χ1) is 9.15. The van der Waals surface area contributed by atoms with Gasteiger partial charge in [-0.1, -0.05) is 12.8 Å². The average Bonchev–Trinajstić information content (AvgIpc) is 2.99. The quantitative estimate of drug-likeness (QED) is 0.828. The third-order valence-electron chi connectivity index (χ3n) is 4.58. The molecule has 2 aliphatic rings. The Bertz CT molecular complexity index is 419. The minimum absolute atomic E-state index is 0.387. The van der Waals surface area contributed by atoms with Crippen molar-refractivity contribution < 1.29 is 5.11 Å². The van der Waals surface area contributed by atoms with Gasteiger partial charge in [-0.2, -0.15) is 5.10 Å². The van der Waals surface area contributed by atoms with Crippen LogP contribution >= 0.6 is 0 Å². The molecular weight excluding hydrogens is 238 g/mol. The number of hydrogen-bond donors (Lipinski definition) is 2. The number of aliphatic hydroxyl groups is 1. The molecule has 0 spiro atoms. The average molecular weight is 263 g/mol. The second-order valence-corrected chi connectivity index (χ2v) is 6.51. The Balaban J connectivity index is 1.45. The van der Waals surface area contributed by atoms with Gasteiger partial charge in [0.15, 0.2) is 0 Å². The molecule has 2 saturated carbocycles. The summed E-state index contributed by atoms with van der Waals surface area (Å²) >= 11 is 0. The minimum Gasteiger partial charge on any atom is -0.390 e. The van der Waals surface area contributed by atoms with E-state index >= 15 is 0 Å². The van der Waals surface area contributed by atoms with E-state index in [1.807, 2.05) is 0 Å². The molecule has 0 bridgehead atoms. The van der Waals surface area contributed by atoms with Crippen LogP contribution in [0.3, 0.4) is 0 Å². The Morgan fingerprint density at radius 1 is 1.42 bits per heavy atom. The monoisotopic (exact) mass is 263 g/mol. The molecule has 106 valence electrons. The molecule has 1 aromatic rings. The van der Waals surface area contributed by atoms with Crippen LogP contribution in [0.2, 0.25) is 0 Å². The lowest BCUT2D eigenvalue weighted by atomic mass is 9.98. The van der Waals surface area contributed by atoms with Crippen molar-refractivity contribution >= 4 is 0 Å². The van der Waals surface area contributed by atoms with E-state index in [4.69, 9.17) is 0 Å². The summed E-state index contributed by atoms with van der Waals surface area (Å²) in [5, 5.41) is 17.9. The lowest BCUT2D eigenvalue weighted by molar-refractivity contribution is 0.0296. The number of aromatic amines is 1. The molecule has 0 saturated heterocycles. The molecule has 2 N–H and O–H groups in total. The maximum Gasteiger partial charge on any atom is 0.0660 e. The zero-order chi connectivity index (χ0) is 13.3. The van der Waals surface area contributed by atoms with Crippen molar-refractivity contribution in [2.45, 2.75) is 63.0 Å². The van der Waals surface area contributed by atoms with Crippen molar-refractivity contribution in [1.82, 2.24) is 15.1 Å². The number of nitrogens with one attached hydrogen (secondary N) is 1. The minimum atomic E-state index is -0.387. The Hall–Kier alpha value is -0.870. The lowest BCUT2D eigenvalue weighted by Gasteiger charge is -2.25. The number of rotatable bonds is 6. The fraction of sp³-hybridized carbons (Fsp3) is 0.800. The molecule has 3 rings (SSSR count). The number of aromatic nitrogens is 2. The highest BCUT2D eigenvalue weighted by Gasteiger charge is 2.31. The van der Waals surface area contributed by atoms with Crippen molar-refractivity contribution in [3.8, 4) is 0 Å². The first-order valence-corrected chi connectivity index (χ1v) is 7.60. The summed E-state index contributed by atoms with van der Waals surface area (Å²) in [5.41, 5.74) is 2.04. The summed E-state index contributed by atoms with van der Waals surface area (Å²) in [5.74, 6) is 0.717. The number of nitrogens with zero attached hydrogens (tertiary/aromatic N) is 2. The van der Waals surface area contributed by atoms with Crippen molar-refractivity contribution in [3.63, 3.8) is 0 Å². The molecule has 2 aliphatic carbocycles. The van der Waals surface area contributed by atoms with E-state index in [0.717, 1.165) is 38.3 Å². The highest BCUT2D eigenvalue weighted by molar-refractivity contribution is 5.17. The summed E-state index contributed by atoms with van der Waals surface area (Å²) in [4.78, 5) is 2.28. The number of H-pyrrole nitrogens is 1. The molecule has 19 heavy (non-hydrogen) atoms. The van der Waals surface area contributed by atoms with Gasteiger partial charge in [0.25, 0.3) is 0 Å². The normalized spacial score (nSPS) is 22.3. The van der Waals surface area contributed by atoms with Gasteiger partial charge < -0.3 is 10.0 Å². The van der Waals surface area contributed by atoms with E-state index in [1.165, 1.54) is 37.1 Å². The van der Waals surface area contributed by atoms with Gasteiger partial charge in [0.1, 0.15) is 0 Å².